The van der Waals surface area contributed by atoms with Crippen LogP contribution in [0.2, 0.25) is 0 Å². The topological polar surface area (TPSA) is 18.5 Å². The van der Waals surface area contributed by atoms with E-state index in [0.29, 0.717) is 6.61 Å². The molecule has 1 aliphatic heterocycles. The molecule has 0 aliphatic carbocycles. The molecule has 1 atom stereocenters. The van der Waals surface area contributed by atoms with Gasteiger partial charge < -0.3 is 9.47 Å². The summed E-state index contributed by atoms with van der Waals surface area (Å²) in [5.41, 5.74) is 1.23. The lowest BCUT2D eigenvalue weighted by molar-refractivity contribution is -0.280. The van der Waals surface area contributed by atoms with Crippen molar-refractivity contribution in [3.63, 3.8) is 0 Å². The van der Waals surface area contributed by atoms with Gasteiger partial charge in [0.25, 0.3) is 0 Å². The summed E-state index contributed by atoms with van der Waals surface area (Å²) in [7, 11) is 0. The van der Waals surface area contributed by atoms with E-state index in [4.69, 9.17) is 9.47 Å². The van der Waals surface area contributed by atoms with E-state index in [1.807, 2.05) is 0 Å². The minimum absolute atomic E-state index is 0.00903. The Labute approximate surface area is 120 Å². The monoisotopic (exact) mass is 269 g/mol. The molecule has 0 aromatic heterocycles. The number of rotatable bonds is 3. The van der Waals surface area contributed by atoms with E-state index in [9.17, 15) is 0 Å². The number of fused-ring (bicyclic) bond motifs is 1. The number of hydrogen-bond acceptors (Lipinski definition) is 2. The molecular weight excluding hydrogens is 248 g/mol. The Morgan fingerprint density at radius 2 is 1.80 bits per heavy atom. The molecule has 1 unspecified atom stereocenters. The Kier molecular flexibility index (Phi) is 3.77. The van der Waals surface area contributed by atoms with Crippen molar-refractivity contribution in [1.82, 2.24) is 0 Å². The average Bonchev–Trinajstić information content (AvgIpc) is 2.54. The van der Waals surface area contributed by atoms with E-state index in [1.165, 1.54) is 16.3 Å². The molecule has 2 aromatic rings. The molecule has 1 radical (unpaired) electrons. The highest BCUT2D eigenvalue weighted by atomic mass is 16.7. The van der Waals surface area contributed by atoms with Crippen molar-refractivity contribution in [3.05, 3.63) is 54.4 Å². The zero-order valence-electron chi connectivity index (χ0n) is 12.1. The third kappa shape index (κ3) is 2.34. The highest BCUT2D eigenvalue weighted by molar-refractivity contribution is 5.86. The Hall–Kier alpha value is -1.38. The molecule has 2 aromatic carbocycles. The Morgan fingerprint density at radius 1 is 1.05 bits per heavy atom. The lowest BCUT2D eigenvalue weighted by Crippen LogP contribution is -2.41. The molecule has 3 rings (SSSR count). The summed E-state index contributed by atoms with van der Waals surface area (Å²) in [4.78, 5) is 0. The minimum Gasteiger partial charge on any atom is -0.350 e. The van der Waals surface area contributed by atoms with E-state index in [-0.39, 0.29) is 6.10 Å². The quantitative estimate of drug-likeness (QED) is 0.807. The first kappa shape index (κ1) is 13.6. The van der Waals surface area contributed by atoms with Gasteiger partial charge in [-0.3, -0.25) is 0 Å². The van der Waals surface area contributed by atoms with Crippen LogP contribution in [-0.4, -0.2) is 12.4 Å². The van der Waals surface area contributed by atoms with Gasteiger partial charge in [-0.05, 0) is 29.2 Å². The Balaban J connectivity index is 1.98. The van der Waals surface area contributed by atoms with Gasteiger partial charge in [0.1, 0.15) is 0 Å². The second-order valence-electron chi connectivity index (χ2n) is 5.27. The fraction of sp³-hybridized carbons (Fsp3) is 0.389. The number of ether oxygens (including phenoxy) is 2. The minimum atomic E-state index is -0.434. The van der Waals surface area contributed by atoms with E-state index >= 15 is 0 Å². The third-order valence-electron chi connectivity index (χ3n) is 4.21. The van der Waals surface area contributed by atoms with Crippen molar-refractivity contribution in [3.8, 4) is 0 Å². The summed E-state index contributed by atoms with van der Waals surface area (Å²) in [6.45, 7) is 4.89. The van der Waals surface area contributed by atoms with Gasteiger partial charge in [-0.25, -0.2) is 0 Å². The highest BCUT2D eigenvalue weighted by Crippen LogP contribution is 2.38. The van der Waals surface area contributed by atoms with Crippen molar-refractivity contribution in [2.75, 3.05) is 6.61 Å². The fourth-order valence-electron chi connectivity index (χ4n) is 2.91. The molecule has 0 bridgehead atoms. The van der Waals surface area contributed by atoms with Crippen LogP contribution in [0.1, 0.15) is 38.4 Å². The smallest absolute Gasteiger partial charge is 0.168 e. The molecule has 0 saturated carbocycles. The zero-order valence-corrected chi connectivity index (χ0v) is 12.1. The van der Waals surface area contributed by atoms with Crippen LogP contribution in [0.5, 0.6) is 0 Å². The summed E-state index contributed by atoms with van der Waals surface area (Å²) < 4.78 is 12.1. The van der Waals surface area contributed by atoms with E-state index < -0.39 is 5.79 Å². The lowest BCUT2D eigenvalue weighted by Gasteiger charge is -2.40. The van der Waals surface area contributed by atoms with Gasteiger partial charge in [0, 0.05) is 6.42 Å². The van der Waals surface area contributed by atoms with Gasteiger partial charge in [-0.15, -0.1) is 0 Å². The zero-order chi connectivity index (χ0) is 14.0. The molecule has 2 nitrogen and oxygen atoms in total. The molecule has 1 heterocycles. The first-order valence-corrected chi connectivity index (χ1v) is 7.41. The molecule has 1 aliphatic rings. The van der Waals surface area contributed by atoms with Gasteiger partial charge in [-0.2, -0.15) is 0 Å². The molecule has 105 valence electrons. The van der Waals surface area contributed by atoms with Gasteiger partial charge >= 0.3 is 0 Å². The summed E-state index contributed by atoms with van der Waals surface area (Å²) in [6, 6.07) is 14.9. The van der Waals surface area contributed by atoms with Crippen LogP contribution in [0, 0.1) is 6.42 Å². The Bertz CT molecular complexity index is 581. The largest absolute Gasteiger partial charge is 0.350 e. The maximum atomic E-state index is 6.29. The fourth-order valence-corrected chi connectivity index (χ4v) is 2.91. The van der Waals surface area contributed by atoms with Crippen molar-refractivity contribution >= 4 is 10.8 Å². The normalized spacial score (nSPS) is 22.0. The van der Waals surface area contributed by atoms with Crippen LogP contribution in [0.15, 0.2) is 42.5 Å². The van der Waals surface area contributed by atoms with Crippen LogP contribution in [0.25, 0.3) is 10.8 Å². The van der Waals surface area contributed by atoms with Crippen molar-refractivity contribution < 1.29 is 9.47 Å². The molecule has 1 saturated heterocycles. The number of hydrogen-bond donors (Lipinski definition) is 0. The van der Waals surface area contributed by atoms with E-state index in [2.05, 4.69) is 62.7 Å². The number of benzene rings is 2. The predicted octanol–water partition coefficient (Wildman–Crippen LogP) is 4.65. The maximum Gasteiger partial charge on any atom is 0.168 e. The molecular formula is C18H21O2. The molecule has 1 fully saturated rings. The first-order chi connectivity index (χ1) is 9.78. The second kappa shape index (κ2) is 5.55. The Morgan fingerprint density at radius 3 is 2.60 bits per heavy atom. The van der Waals surface area contributed by atoms with Crippen molar-refractivity contribution in [2.24, 2.45) is 0 Å². The summed E-state index contributed by atoms with van der Waals surface area (Å²) in [5, 5.41) is 2.52. The van der Waals surface area contributed by atoms with Gasteiger partial charge in [0.2, 0.25) is 0 Å². The van der Waals surface area contributed by atoms with E-state index in [1.54, 1.807) is 0 Å². The second-order valence-corrected chi connectivity index (χ2v) is 5.27. The van der Waals surface area contributed by atoms with Gasteiger partial charge in [0.15, 0.2) is 5.79 Å². The molecule has 0 amide bonds. The molecule has 2 heteroatoms. The van der Waals surface area contributed by atoms with Crippen molar-refractivity contribution in [1.29, 1.82) is 0 Å². The van der Waals surface area contributed by atoms with Gasteiger partial charge in [0.05, 0.1) is 12.7 Å². The van der Waals surface area contributed by atoms with Crippen LogP contribution < -0.4 is 0 Å². The van der Waals surface area contributed by atoms with Crippen LogP contribution in [-0.2, 0) is 9.47 Å². The molecule has 20 heavy (non-hydrogen) atoms. The summed E-state index contributed by atoms with van der Waals surface area (Å²) >= 11 is 0. The third-order valence-corrected chi connectivity index (χ3v) is 4.21. The van der Waals surface area contributed by atoms with Gasteiger partial charge in [-0.1, -0.05) is 56.3 Å². The summed E-state index contributed by atoms with van der Waals surface area (Å²) in [6.07, 6.45) is 3.87. The van der Waals surface area contributed by atoms with Crippen LogP contribution in [0.3, 0.4) is 0 Å². The molecule has 0 spiro atoms. The first-order valence-electron chi connectivity index (χ1n) is 7.41. The standard InChI is InChI=1S/C18H21O2/c1-3-18(4-2)19-13-12-17(20-18)16-11-7-9-14-8-5-6-10-15(14)16/h5-12,17H,3-4,13H2,1-2H3. The maximum absolute atomic E-state index is 6.29. The van der Waals surface area contributed by atoms with Crippen LogP contribution in [0.4, 0.5) is 0 Å². The van der Waals surface area contributed by atoms with Crippen LogP contribution >= 0.6 is 0 Å². The average molecular weight is 269 g/mol. The summed E-state index contributed by atoms with van der Waals surface area (Å²) in [5.74, 6) is -0.434. The van der Waals surface area contributed by atoms with E-state index in [0.717, 1.165) is 12.8 Å². The lowest BCUT2D eigenvalue weighted by atomic mass is 9.97. The SMILES string of the molecule is CCC1(CC)OC[CH]C(c2cccc3ccccc23)O1. The highest BCUT2D eigenvalue weighted by Gasteiger charge is 2.36. The van der Waals surface area contributed by atoms with Crippen molar-refractivity contribution in [2.45, 2.75) is 38.6 Å². The molecule has 0 N–H and O–H groups in total. The predicted molar refractivity (Wildman–Crippen MR) is 81.3 cm³/mol.